The average molecular weight is 541 g/mol. The molecule has 2 aromatic heterocycles. The van der Waals surface area contributed by atoms with Crippen molar-refractivity contribution in [1.82, 2.24) is 19.9 Å². The SMILES string of the molecule is CC(C)(C)c1c(Cc2ccc(CC(F)(F)F)cc2)cnc2cc(F)nn12.CNC(=O)C1CCS(=O)CC1. The fourth-order valence-corrected chi connectivity index (χ4v) is 5.66. The first kappa shape index (κ1) is 28.7. The summed E-state index contributed by atoms with van der Waals surface area (Å²) in [6.45, 7) is 5.99. The molecule has 11 heteroatoms. The topological polar surface area (TPSA) is 76.4 Å². The van der Waals surface area contributed by atoms with Crippen LogP contribution in [0.1, 0.15) is 56.0 Å². The van der Waals surface area contributed by atoms with Crippen LogP contribution in [0.15, 0.2) is 36.5 Å². The number of benzene rings is 1. The lowest BCUT2D eigenvalue weighted by atomic mass is 9.87. The van der Waals surface area contributed by atoms with Gasteiger partial charge in [-0.2, -0.15) is 17.6 Å². The van der Waals surface area contributed by atoms with E-state index in [0.29, 0.717) is 23.6 Å². The van der Waals surface area contributed by atoms with Crippen LogP contribution in [-0.2, 0) is 33.9 Å². The third-order valence-corrected chi connectivity index (χ3v) is 7.45. The van der Waals surface area contributed by atoms with E-state index in [-0.39, 0.29) is 22.8 Å². The fraction of sp³-hybridized carbons (Fsp3) is 0.500. The minimum atomic E-state index is -4.22. The van der Waals surface area contributed by atoms with Gasteiger partial charge in [-0.3, -0.25) is 9.00 Å². The second-order valence-corrected chi connectivity index (χ2v) is 11.8. The number of halogens is 4. The van der Waals surface area contributed by atoms with Crippen LogP contribution in [0.25, 0.3) is 5.65 Å². The summed E-state index contributed by atoms with van der Waals surface area (Å²) in [7, 11) is 0.987. The van der Waals surface area contributed by atoms with Crippen LogP contribution >= 0.6 is 0 Å². The van der Waals surface area contributed by atoms with Gasteiger partial charge in [0, 0.05) is 59.4 Å². The average Bonchev–Trinajstić information content (AvgIpc) is 3.18. The molecule has 1 aliphatic rings. The summed E-state index contributed by atoms with van der Waals surface area (Å²) in [4.78, 5) is 15.3. The largest absolute Gasteiger partial charge is 0.393 e. The molecule has 1 aromatic carbocycles. The molecule has 0 bridgehead atoms. The van der Waals surface area contributed by atoms with Crippen molar-refractivity contribution >= 4 is 22.4 Å². The highest BCUT2D eigenvalue weighted by molar-refractivity contribution is 7.85. The Hall–Kier alpha value is -2.82. The number of hydrogen-bond donors (Lipinski definition) is 1. The number of fused-ring (bicyclic) bond motifs is 1. The molecular formula is C26H32F4N4O2S. The molecule has 0 aliphatic carbocycles. The number of rotatable bonds is 4. The Balaban J connectivity index is 0.000000289. The Morgan fingerprint density at radius 2 is 1.70 bits per heavy atom. The molecule has 202 valence electrons. The quantitative estimate of drug-likeness (QED) is 0.485. The Kier molecular flexibility index (Phi) is 9.09. The third kappa shape index (κ3) is 8.08. The number of amides is 1. The molecule has 1 fully saturated rings. The number of hydrogen-bond acceptors (Lipinski definition) is 4. The monoisotopic (exact) mass is 540 g/mol. The minimum absolute atomic E-state index is 0.0988. The molecule has 0 atom stereocenters. The maximum atomic E-state index is 13.6. The standard InChI is InChI=1S/C19H19F4N3.C7H13NO2S/c1-18(2,3)17-14(11-24-16-9-15(20)25-26(16)17)8-12-4-6-13(7-5-12)10-19(21,22)23;1-8-7(9)6-2-4-11(10)5-3-6/h4-7,9,11H,8,10H2,1-3H3;6H,2-5H2,1H3,(H,8,9). The van der Waals surface area contributed by atoms with Crippen molar-refractivity contribution in [3.05, 3.63) is 64.9 Å². The second kappa shape index (κ2) is 11.7. The minimum Gasteiger partial charge on any atom is -0.359 e. The smallest absolute Gasteiger partial charge is 0.359 e. The number of nitrogens with one attached hydrogen (secondary N) is 1. The van der Waals surface area contributed by atoms with Gasteiger partial charge in [0.15, 0.2) is 5.65 Å². The molecule has 3 aromatic rings. The maximum Gasteiger partial charge on any atom is 0.393 e. The van der Waals surface area contributed by atoms with Crippen molar-refractivity contribution in [2.75, 3.05) is 18.6 Å². The first-order chi connectivity index (χ1) is 17.3. The summed E-state index contributed by atoms with van der Waals surface area (Å²) < 4.78 is 63.4. The molecule has 0 saturated carbocycles. The molecule has 1 aliphatic heterocycles. The molecule has 0 unspecified atom stereocenters. The summed E-state index contributed by atoms with van der Waals surface area (Å²) in [6.07, 6.45) is -1.44. The van der Waals surface area contributed by atoms with Crippen molar-refractivity contribution in [1.29, 1.82) is 0 Å². The van der Waals surface area contributed by atoms with Gasteiger partial charge in [0.25, 0.3) is 0 Å². The molecule has 3 heterocycles. The summed E-state index contributed by atoms with van der Waals surface area (Å²) in [5.74, 6) is 0.993. The molecular weight excluding hydrogens is 508 g/mol. The molecule has 1 N–H and O–H groups in total. The molecule has 4 rings (SSSR count). The van der Waals surface area contributed by atoms with Crippen LogP contribution in [0, 0.1) is 11.9 Å². The molecule has 1 amide bonds. The molecule has 37 heavy (non-hydrogen) atoms. The zero-order chi connectivity index (χ0) is 27.4. The van der Waals surface area contributed by atoms with Crippen molar-refractivity contribution in [2.45, 2.75) is 58.0 Å². The predicted molar refractivity (Wildman–Crippen MR) is 135 cm³/mol. The predicted octanol–water partition coefficient (Wildman–Crippen LogP) is 4.75. The first-order valence-corrected chi connectivity index (χ1v) is 13.5. The highest BCUT2D eigenvalue weighted by Gasteiger charge is 2.28. The van der Waals surface area contributed by atoms with Crippen molar-refractivity contribution < 1.29 is 26.6 Å². The number of alkyl halides is 3. The summed E-state index contributed by atoms with van der Waals surface area (Å²) in [5.41, 5.74) is 2.87. The van der Waals surface area contributed by atoms with Crippen LogP contribution < -0.4 is 5.32 Å². The van der Waals surface area contributed by atoms with Gasteiger partial charge in [0.1, 0.15) is 0 Å². The van der Waals surface area contributed by atoms with Gasteiger partial charge < -0.3 is 5.32 Å². The number of aromatic nitrogens is 3. The summed E-state index contributed by atoms with van der Waals surface area (Å²) >= 11 is 0. The van der Waals surface area contributed by atoms with Gasteiger partial charge in [0.05, 0.1) is 12.1 Å². The first-order valence-electron chi connectivity index (χ1n) is 12.0. The van der Waals surface area contributed by atoms with E-state index in [2.05, 4.69) is 15.4 Å². The lowest BCUT2D eigenvalue weighted by Gasteiger charge is -2.23. The highest BCUT2D eigenvalue weighted by atomic mass is 32.2. The van der Waals surface area contributed by atoms with Crippen molar-refractivity contribution in [3.8, 4) is 0 Å². The van der Waals surface area contributed by atoms with Gasteiger partial charge >= 0.3 is 6.18 Å². The Morgan fingerprint density at radius 1 is 1.11 bits per heavy atom. The van der Waals surface area contributed by atoms with E-state index in [1.54, 1.807) is 25.4 Å². The Morgan fingerprint density at radius 3 is 2.24 bits per heavy atom. The van der Waals surface area contributed by atoms with Crippen LogP contribution in [0.2, 0.25) is 0 Å². The second-order valence-electron chi connectivity index (χ2n) is 10.1. The summed E-state index contributed by atoms with van der Waals surface area (Å²) in [6, 6.07) is 7.60. The van der Waals surface area contributed by atoms with E-state index >= 15 is 0 Å². The van der Waals surface area contributed by atoms with E-state index < -0.39 is 29.3 Å². The normalized spacial score (nSPS) is 18.3. The van der Waals surface area contributed by atoms with Crippen molar-refractivity contribution in [3.63, 3.8) is 0 Å². The van der Waals surface area contributed by atoms with E-state index in [4.69, 9.17) is 0 Å². The van der Waals surface area contributed by atoms with Crippen molar-refractivity contribution in [2.24, 2.45) is 5.92 Å². The van der Waals surface area contributed by atoms with Gasteiger partial charge in [-0.1, -0.05) is 45.0 Å². The summed E-state index contributed by atoms with van der Waals surface area (Å²) in [5, 5.41) is 6.51. The van der Waals surface area contributed by atoms with E-state index in [1.165, 1.54) is 22.7 Å². The molecule has 0 spiro atoms. The van der Waals surface area contributed by atoms with E-state index in [9.17, 15) is 26.6 Å². The number of nitrogens with zero attached hydrogens (tertiary/aromatic N) is 3. The van der Waals surface area contributed by atoms with Gasteiger partial charge in [-0.15, -0.1) is 5.10 Å². The van der Waals surface area contributed by atoms with Gasteiger partial charge in [-0.05, 0) is 29.5 Å². The fourth-order valence-electron chi connectivity index (χ4n) is 4.36. The zero-order valence-electron chi connectivity index (χ0n) is 21.4. The van der Waals surface area contributed by atoms with Gasteiger partial charge in [-0.25, -0.2) is 9.50 Å². The lowest BCUT2D eigenvalue weighted by Crippen LogP contribution is -2.32. The Bertz CT molecular complexity index is 1240. The zero-order valence-corrected chi connectivity index (χ0v) is 22.2. The molecule has 0 radical (unpaired) electrons. The van der Waals surface area contributed by atoms with Crippen LogP contribution in [0.3, 0.4) is 0 Å². The Labute approximate surface area is 216 Å². The van der Waals surface area contributed by atoms with Gasteiger partial charge in [0.2, 0.25) is 11.9 Å². The van der Waals surface area contributed by atoms with Crippen LogP contribution in [0.4, 0.5) is 17.6 Å². The number of carbonyl (C=O) groups is 1. The van der Waals surface area contributed by atoms with Crippen LogP contribution in [-0.4, -0.2) is 49.4 Å². The van der Waals surface area contributed by atoms with E-state index in [0.717, 1.165) is 29.7 Å². The van der Waals surface area contributed by atoms with E-state index in [1.807, 2.05) is 20.8 Å². The number of carbonyl (C=O) groups excluding carboxylic acids is 1. The lowest BCUT2D eigenvalue weighted by molar-refractivity contribution is -0.127. The molecule has 6 nitrogen and oxygen atoms in total. The molecule has 1 saturated heterocycles. The highest BCUT2D eigenvalue weighted by Crippen LogP contribution is 2.28. The van der Waals surface area contributed by atoms with Crippen LogP contribution in [0.5, 0.6) is 0 Å². The third-order valence-electron chi connectivity index (χ3n) is 6.07. The maximum absolute atomic E-state index is 13.6.